The molecule has 0 radical (unpaired) electrons. The van der Waals surface area contributed by atoms with Crippen molar-refractivity contribution in [1.82, 2.24) is 4.90 Å². The number of hydrogen-bond acceptors (Lipinski definition) is 3. The van der Waals surface area contributed by atoms with Crippen molar-refractivity contribution in [1.29, 1.82) is 0 Å². The second-order valence-electron chi connectivity index (χ2n) is 2.93. The van der Waals surface area contributed by atoms with Crippen LogP contribution >= 0.6 is 12.4 Å². The standard InChI is InChI=1S/C8H14N2O2.ClH/c9-5-1-2-6-10-7(11)3-4-8(10)12;/h1-6,9H2;1H. The van der Waals surface area contributed by atoms with E-state index in [1.807, 2.05) is 0 Å². The van der Waals surface area contributed by atoms with Gasteiger partial charge in [-0.25, -0.2) is 0 Å². The van der Waals surface area contributed by atoms with E-state index in [0.29, 0.717) is 25.9 Å². The average molecular weight is 207 g/mol. The van der Waals surface area contributed by atoms with Gasteiger partial charge in [0.25, 0.3) is 0 Å². The number of carbonyl (C=O) groups excluding carboxylic acids is 2. The van der Waals surface area contributed by atoms with Crippen molar-refractivity contribution in [2.24, 2.45) is 5.73 Å². The lowest BCUT2D eigenvalue weighted by Gasteiger charge is -2.12. The largest absolute Gasteiger partial charge is 0.330 e. The summed E-state index contributed by atoms with van der Waals surface area (Å²) in [4.78, 5) is 23.4. The highest BCUT2D eigenvalue weighted by Crippen LogP contribution is 2.11. The van der Waals surface area contributed by atoms with Crippen LogP contribution in [0.2, 0.25) is 0 Å². The smallest absolute Gasteiger partial charge is 0.229 e. The summed E-state index contributed by atoms with van der Waals surface area (Å²) < 4.78 is 0. The van der Waals surface area contributed by atoms with E-state index in [4.69, 9.17) is 5.73 Å². The quantitative estimate of drug-likeness (QED) is 0.532. The molecule has 1 fully saturated rings. The van der Waals surface area contributed by atoms with E-state index < -0.39 is 0 Å². The second-order valence-corrected chi connectivity index (χ2v) is 2.93. The minimum Gasteiger partial charge on any atom is -0.330 e. The van der Waals surface area contributed by atoms with E-state index in [9.17, 15) is 9.59 Å². The number of rotatable bonds is 4. The molecule has 0 aliphatic carbocycles. The molecule has 0 atom stereocenters. The predicted octanol–water partition coefficient (Wildman–Crippen LogP) is 0.296. The van der Waals surface area contributed by atoms with Gasteiger partial charge in [-0.3, -0.25) is 14.5 Å². The minimum absolute atomic E-state index is 0. The summed E-state index contributed by atoms with van der Waals surface area (Å²) >= 11 is 0. The summed E-state index contributed by atoms with van der Waals surface area (Å²) in [6, 6.07) is 0. The number of imide groups is 1. The number of hydrogen-bond donors (Lipinski definition) is 1. The molecule has 1 rings (SSSR count). The molecule has 5 heteroatoms. The highest BCUT2D eigenvalue weighted by molar-refractivity contribution is 6.01. The van der Waals surface area contributed by atoms with Crippen molar-refractivity contribution >= 4 is 24.2 Å². The molecule has 1 aliphatic rings. The first-order chi connectivity index (χ1) is 5.75. The molecule has 13 heavy (non-hydrogen) atoms. The Balaban J connectivity index is 0.00000144. The van der Waals surface area contributed by atoms with Crippen molar-refractivity contribution < 1.29 is 9.59 Å². The predicted molar refractivity (Wildman–Crippen MR) is 51.5 cm³/mol. The van der Waals surface area contributed by atoms with Crippen LogP contribution in [0, 0.1) is 0 Å². The van der Waals surface area contributed by atoms with Gasteiger partial charge in [-0.15, -0.1) is 12.4 Å². The van der Waals surface area contributed by atoms with E-state index in [1.165, 1.54) is 4.90 Å². The van der Waals surface area contributed by atoms with Crippen molar-refractivity contribution in [3.63, 3.8) is 0 Å². The zero-order valence-corrected chi connectivity index (χ0v) is 8.31. The Bertz CT molecular complexity index is 181. The van der Waals surface area contributed by atoms with Gasteiger partial charge in [-0.2, -0.15) is 0 Å². The zero-order valence-electron chi connectivity index (χ0n) is 7.49. The summed E-state index contributed by atoms with van der Waals surface area (Å²) in [5, 5.41) is 0. The number of carbonyl (C=O) groups is 2. The average Bonchev–Trinajstić information content (AvgIpc) is 2.35. The number of amides is 2. The molecule has 4 nitrogen and oxygen atoms in total. The lowest BCUT2D eigenvalue weighted by molar-refractivity contribution is -0.138. The molecule has 0 saturated carbocycles. The van der Waals surface area contributed by atoms with Gasteiger partial charge in [-0.1, -0.05) is 0 Å². The first-order valence-corrected chi connectivity index (χ1v) is 4.29. The van der Waals surface area contributed by atoms with Crippen LogP contribution in [0.5, 0.6) is 0 Å². The van der Waals surface area contributed by atoms with E-state index in [0.717, 1.165) is 12.8 Å². The van der Waals surface area contributed by atoms with Gasteiger partial charge in [0, 0.05) is 19.4 Å². The molecular weight excluding hydrogens is 192 g/mol. The van der Waals surface area contributed by atoms with Crippen molar-refractivity contribution in [2.45, 2.75) is 25.7 Å². The maximum absolute atomic E-state index is 11.1. The maximum Gasteiger partial charge on any atom is 0.229 e. The molecule has 0 aromatic rings. The van der Waals surface area contributed by atoms with Crippen LogP contribution in [-0.2, 0) is 9.59 Å². The van der Waals surface area contributed by atoms with Crippen LogP contribution in [0.15, 0.2) is 0 Å². The van der Waals surface area contributed by atoms with Crippen LogP contribution in [0.1, 0.15) is 25.7 Å². The molecule has 2 N–H and O–H groups in total. The van der Waals surface area contributed by atoms with Crippen molar-refractivity contribution in [3.05, 3.63) is 0 Å². The van der Waals surface area contributed by atoms with Gasteiger partial charge in [-0.05, 0) is 19.4 Å². The Hall–Kier alpha value is -0.610. The Morgan fingerprint density at radius 2 is 1.69 bits per heavy atom. The highest BCUT2D eigenvalue weighted by atomic mass is 35.5. The number of halogens is 1. The Morgan fingerprint density at radius 3 is 2.15 bits per heavy atom. The lowest BCUT2D eigenvalue weighted by atomic mass is 10.3. The van der Waals surface area contributed by atoms with Crippen LogP contribution in [0.4, 0.5) is 0 Å². The second kappa shape index (κ2) is 5.94. The molecule has 0 aromatic heterocycles. The normalized spacial score (nSPS) is 16.2. The van der Waals surface area contributed by atoms with Gasteiger partial charge in [0.15, 0.2) is 0 Å². The summed E-state index contributed by atoms with van der Waals surface area (Å²) in [5.41, 5.74) is 5.29. The third-order valence-electron chi connectivity index (χ3n) is 1.99. The van der Waals surface area contributed by atoms with E-state index in [-0.39, 0.29) is 24.2 Å². The zero-order chi connectivity index (χ0) is 8.97. The van der Waals surface area contributed by atoms with Gasteiger partial charge < -0.3 is 5.73 Å². The topological polar surface area (TPSA) is 63.4 Å². The third-order valence-corrected chi connectivity index (χ3v) is 1.99. The van der Waals surface area contributed by atoms with E-state index in [1.54, 1.807) is 0 Å². The molecule has 0 spiro atoms. The van der Waals surface area contributed by atoms with Crippen LogP contribution in [0.3, 0.4) is 0 Å². The molecule has 2 amide bonds. The van der Waals surface area contributed by atoms with Crippen molar-refractivity contribution in [3.8, 4) is 0 Å². The van der Waals surface area contributed by atoms with Gasteiger partial charge in [0.2, 0.25) is 11.8 Å². The van der Waals surface area contributed by atoms with Crippen LogP contribution in [0.25, 0.3) is 0 Å². The highest BCUT2D eigenvalue weighted by Gasteiger charge is 2.27. The fourth-order valence-corrected chi connectivity index (χ4v) is 1.29. The SMILES string of the molecule is Cl.NCCCCN1C(=O)CCC1=O. The van der Waals surface area contributed by atoms with E-state index >= 15 is 0 Å². The number of likely N-dealkylation sites (tertiary alicyclic amines) is 1. The van der Waals surface area contributed by atoms with Gasteiger partial charge in [0.05, 0.1) is 0 Å². The monoisotopic (exact) mass is 206 g/mol. The van der Waals surface area contributed by atoms with Gasteiger partial charge in [0.1, 0.15) is 0 Å². The molecule has 76 valence electrons. The Morgan fingerprint density at radius 1 is 1.15 bits per heavy atom. The molecule has 1 saturated heterocycles. The van der Waals surface area contributed by atoms with Gasteiger partial charge >= 0.3 is 0 Å². The number of nitrogens with two attached hydrogens (primary N) is 1. The van der Waals surface area contributed by atoms with Crippen molar-refractivity contribution in [2.75, 3.05) is 13.1 Å². The number of unbranched alkanes of at least 4 members (excludes halogenated alkanes) is 1. The molecule has 0 bridgehead atoms. The molecule has 1 aliphatic heterocycles. The fourth-order valence-electron chi connectivity index (χ4n) is 1.29. The summed E-state index contributed by atoms with van der Waals surface area (Å²) in [7, 11) is 0. The third kappa shape index (κ3) is 3.32. The summed E-state index contributed by atoms with van der Waals surface area (Å²) in [5.74, 6) is -0.0611. The van der Waals surface area contributed by atoms with E-state index in [2.05, 4.69) is 0 Å². The Kier molecular flexibility index (Phi) is 5.66. The first kappa shape index (κ1) is 12.4. The lowest BCUT2D eigenvalue weighted by Crippen LogP contribution is -2.30. The summed E-state index contributed by atoms with van der Waals surface area (Å²) in [6.07, 6.45) is 2.48. The number of nitrogens with zero attached hydrogens (tertiary/aromatic N) is 1. The molecule has 1 heterocycles. The minimum atomic E-state index is -0.0305. The first-order valence-electron chi connectivity index (χ1n) is 4.29. The maximum atomic E-state index is 11.1. The molecular formula is C8H15ClN2O2. The summed E-state index contributed by atoms with van der Waals surface area (Å²) in [6.45, 7) is 1.17. The van der Waals surface area contributed by atoms with Crippen LogP contribution in [-0.4, -0.2) is 29.8 Å². The molecule has 0 aromatic carbocycles. The van der Waals surface area contributed by atoms with Crippen LogP contribution < -0.4 is 5.73 Å². The molecule has 0 unspecified atom stereocenters. The Labute approximate surface area is 83.9 Å². The fraction of sp³-hybridized carbons (Fsp3) is 0.750.